The van der Waals surface area contributed by atoms with Gasteiger partial charge in [-0.1, -0.05) is 12.1 Å². The summed E-state index contributed by atoms with van der Waals surface area (Å²) in [5.74, 6) is -0.0168. The monoisotopic (exact) mass is 173 g/mol. The van der Waals surface area contributed by atoms with E-state index in [4.69, 9.17) is 5.14 Å². The lowest BCUT2D eigenvalue weighted by atomic mass is 10.2. The summed E-state index contributed by atoms with van der Waals surface area (Å²) in [7, 11) is -1.35. The molecule has 0 unspecified atom stereocenters. The van der Waals surface area contributed by atoms with Crippen molar-refractivity contribution in [3.05, 3.63) is 35.6 Å². The van der Waals surface area contributed by atoms with Gasteiger partial charge >= 0.3 is 0 Å². The molecule has 0 spiro atoms. The molecule has 0 saturated carbocycles. The molecule has 0 bridgehead atoms. The Bertz CT molecular complexity index is 260. The van der Waals surface area contributed by atoms with Crippen LogP contribution in [0.3, 0.4) is 0 Å². The van der Waals surface area contributed by atoms with Gasteiger partial charge in [0.15, 0.2) is 0 Å². The lowest BCUT2D eigenvalue weighted by Gasteiger charge is -1.95. The van der Waals surface area contributed by atoms with E-state index in [0.717, 1.165) is 5.56 Å². The van der Waals surface area contributed by atoms with E-state index < -0.39 is 11.0 Å². The van der Waals surface area contributed by atoms with Gasteiger partial charge in [0, 0.05) is 0 Å². The Morgan fingerprint density at radius 2 is 1.91 bits per heavy atom. The van der Waals surface area contributed by atoms with Gasteiger partial charge in [0.05, 0.1) is 16.7 Å². The Morgan fingerprint density at radius 1 is 1.36 bits per heavy atom. The number of benzene rings is 1. The summed E-state index contributed by atoms with van der Waals surface area (Å²) in [5.41, 5.74) is 0.784. The Labute approximate surface area is 66.8 Å². The van der Waals surface area contributed by atoms with E-state index in [2.05, 4.69) is 0 Å². The second kappa shape index (κ2) is 3.59. The molecular formula is C7H8FNOS. The molecule has 0 radical (unpaired) electrons. The van der Waals surface area contributed by atoms with Crippen LogP contribution in [0.25, 0.3) is 0 Å². The number of halogens is 1. The van der Waals surface area contributed by atoms with Gasteiger partial charge in [-0.05, 0) is 17.7 Å². The van der Waals surface area contributed by atoms with Crippen molar-refractivity contribution in [1.29, 1.82) is 0 Å². The molecule has 0 saturated heterocycles. The molecule has 1 aromatic carbocycles. The minimum absolute atomic E-state index is 0.278. The highest BCUT2D eigenvalue weighted by Crippen LogP contribution is 2.03. The summed E-state index contributed by atoms with van der Waals surface area (Å²) in [6.45, 7) is 0. The van der Waals surface area contributed by atoms with Crippen molar-refractivity contribution in [1.82, 2.24) is 0 Å². The molecule has 2 nitrogen and oxygen atoms in total. The van der Waals surface area contributed by atoms with Gasteiger partial charge in [-0.2, -0.15) is 0 Å². The molecule has 1 aromatic rings. The molecule has 0 heterocycles. The molecule has 0 aliphatic carbocycles. The predicted molar refractivity (Wildman–Crippen MR) is 42.4 cm³/mol. The molecule has 60 valence electrons. The molecule has 1 rings (SSSR count). The van der Waals surface area contributed by atoms with Gasteiger partial charge in [0.1, 0.15) is 5.82 Å². The van der Waals surface area contributed by atoms with Crippen molar-refractivity contribution in [3.8, 4) is 0 Å². The standard InChI is InChI=1S/C7H8FNOS/c8-7-3-1-6(2-4-7)5-11(9)10/h1-4H,5,9H2/t11-/m1/s1. The Hall–Kier alpha value is -0.740. The second-order valence-corrected chi connectivity index (χ2v) is 3.20. The van der Waals surface area contributed by atoms with Crippen molar-refractivity contribution in [2.24, 2.45) is 5.14 Å². The van der Waals surface area contributed by atoms with E-state index in [9.17, 15) is 8.60 Å². The molecule has 1 atom stereocenters. The van der Waals surface area contributed by atoms with E-state index in [1.807, 2.05) is 0 Å². The SMILES string of the molecule is N[S@](=O)Cc1ccc(F)cc1. The second-order valence-electron chi connectivity index (χ2n) is 2.15. The van der Waals surface area contributed by atoms with Crippen LogP contribution in [-0.4, -0.2) is 4.21 Å². The lowest BCUT2D eigenvalue weighted by Crippen LogP contribution is -2.05. The first kappa shape index (κ1) is 8.36. The third kappa shape index (κ3) is 2.78. The molecule has 0 amide bonds. The van der Waals surface area contributed by atoms with Crippen LogP contribution in [0.1, 0.15) is 5.56 Å². The lowest BCUT2D eigenvalue weighted by molar-refractivity contribution is 0.627. The van der Waals surface area contributed by atoms with Gasteiger partial charge in [-0.3, -0.25) is 5.14 Å². The van der Waals surface area contributed by atoms with Crippen LogP contribution in [0.15, 0.2) is 24.3 Å². The Kier molecular flexibility index (Phi) is 2.73. The molecule has 2 N–H and O–H groups in total. The first-order valence-corrected chi connectivity index (χ1v) is 4.44. The molecule has 11 heavy (non-hydrogen) atoms. The maximum atomic E-state index is 12.3. The zero-order valence-corrected chi connectivity index (χ0v) is 6.60. The first-order valence-electron chi connectivity index (χ1n) is 3.05. The zero-order chi connectivity index (χ0) is 8.27. The predicted octanol–water partition coefficient (Wildman–Crippen LogP) is 0.948. The number of nitrogens with two attached hydrogens (primary N) is 1. The summed E-state index contributed by atoms with van der Waals surface area (Å²) in [5, 5.41) is 5.04. The summed E-state index contributed by atoms with van der Waals surface area (Å²) < 4.78 is 22.8. The van der Waals surface area contributed by atoms with Crippen molar-refractivity contribution < 1.29 is 8.60 Å². The molecule has 0 aliphatic heterocycles. The summed E-state index contributed by atoms with van der Waals surface area (Å²) in [6.07, 6.45) is 0. The van der Waals surface area contributed by atoms with Crippen LogP contribution in [-0.2, 0) is 16.7 Å². The summed E-state index contributed by atoms with van der Waals surface area (Å²) in [6, 6.07) is 5.78. The van der Waals surface area contributed by atoms with Gasteiger partial charge in [-0.15, -0.1) is 0 Å². The van der Waals surface area contributed by atoms with Crippen LogP contribution >= 0.6 is 0 Å². The minimum Gasteiger partial charge on any atom is -0.252 e. The molecular weight excluding hydrogens is 165 g/mol. The Morgan fingerprint density at radius 3 is 2.36 bits per heavy atom. The van der Waals surface area contributed by atoms with Gasteiger partial charge in [0.2, 0.25) is 0 Å². The normalized spacial score (nSPS) is 12.9. The number of hydrogen-bond donors (Lipinski definition) is 1. The van der Waals surface area contributed by atoms with Crippen LogP contribution in [0.4, 0.5) is 4.39 Å². The maximum Gasteiger partial charge on any atom is 0.123 e. The van der Waals surface area contributed by atoms with Crippen molar-refractivity contribution in [2.75, 3.05) is 0 Å². The van der Waals surface area contributed by atoms with E-state index in [1.54, 1.807) is 12.1 Å². The topological polar surface area (TPSA) is 43.1 Å². The third-order valence-electron chi connectivity index (χ3n) is 1.22. The molecule has 0 aliphatic rings. The quantitative estimate of drug-likeness (QED) is 0.710. The minimum atomic E-state index is -1.35. The molecule has 4 heteroatoms. The van der Waals surface area contributed by atoms with E-state index in [0.29, 0.717) is 0 Å². The Balaban J connectivity index is 2.74. The average Bonchev–Trinajstić information content (AvgIpc) is 1.93. The van der Waals surface area contributed by atoms with E-state index in [-0.39, 0.29) is 11.6 Å². The smallest absolute Gasteiger partial charge is 0.123 e. The van der Waals surface area contributed by atoms with Crippen molar-refractivity contribution in [3.63, 3.8) is 0 Å². The third-order valence-corrected chi connectivity index (χ3v) is 1.84. The van der Waals surface area contributed by atoms with E-state index >= 15 is 0 Å². The van der Waals surface area contributed by atoms with Crippen LogP contribution in [0, 0.1) is 5.82 Å². The average molecular weight is 173 g/mol. The molecule has 0 aromatic heterocycles. The maximum absolute atomic E-state index is 12.3. The fourth-order valence-corrected chi connectivity index (χ4v) is 1.27. The van der Waals surface area contributed by atoms with Crippen LogP contribution in [0.5, 0.6) is 0 Å². The van der Waals surface area contributed by atoms with Gasteiger partial charge in [-0.25, -0.2) is 8.60 Å². The fourth-order valence-electron chi connectivity index (χ4n) is 0.745. The first-order chi connectivity index (χ1) is 5.18. The zero-order valence-electron chi connectivity index (χ0n) is 5.79. The van der Waals surface area contributed by atoms with Crippen molar-refractivity contribution >= 4 is 11.0 Å². The highest BCUT2D eigenvalue weighted by atomic mass is 32.2. The highest BCUT2D eigenvalue weighted by molar-refractivity contribution is 7.81. The largest absolute Gasteiger partial charge is 0.252 e. The van der Waals surface area contributed by atoms with Crippen LogP contribution < -0.4 is 5.14 Å². The van der Waals surface area contributed by atoms with Gasteiger partial charge < -0.3 is 0 Å². The number of rotatable bonds is 2. The molecule has 0 fully saturated rings. The number of hydrogen-bond acceptors (Lipinski definition) is 1. The van der Waals surface area contributed by atoms with E-state index in [1.165, 1.54) is 12.1 Å². The summed E-state index contributed by atoms with van der Waals surface area (Å²) >= 11 is 0. The van der Waals surface area contributed by atoms with Gasteiger partial charge in [0.25, 0.3) is 0 Å². The highest BCUT2D eigenvalue weighted by Gasteiger charge is 1.95. The fraction of sp³-hybridized carbons (Fsp3) is 0.143. The summed E-state index contributed by atoms with van der Waals surface area (Å²) in [4.78, 5) is 0. The van der Waals surface area contributed by atoms with Crippen LogP contribution in [0.2, 0.25) is 0 Å². The van der Waals surface area contributed by atoms with Crippen molar-refractivity contribution in [2.45, 2.75) is 5.75 Å².